The van der Waals surface area contributed by atoms with Crippen LogP contribution in [0, 0.1) is 0 Å². The Labute approximate surface area is 213 Å². The maximum atomic E-state index is 13.0. The number of nitrogens with two attached hydrogens (primary N) is 1. The highest BCUT2D eigenvalue weighted by molar-refractivity contribution is 8.01. The topological polar surface area (TPSA) is 222 Å². The number of carbonyl (C=O) groups is 3. The third-order valence-electron chi connectivity index (χ3n) is 5.49. The van der Waals surface area contributed by atoms with Crippen molar-refractivity contribution < 1.29 is 33.0 Å². The van der Waals surface area contributed by atoms with Gasteiger partial charge < -0.3 is 15.5 Å². The third-order valence-corrected chi connectivity index (χ3v) is 8.78. The van der Waals surface area contributed by atoms with Crippen LogP contribution in [0.1, 0.15) is 18.1 Å². The van der Waals surface area contributed by atoms with Crippen molar-refractivity contribution in [3.05, 3.63) is 47.2 Å². The highest BCUT2D eigenvalue weighted by Gasteiger charge is 2.55. The van der Waals surface area contributed by atoms with E-state index >= 15 is 0 Å². The number of nitrogens with one attached hydrogen (secondary N) is 2. The zero-order valence-electron chi connectivity index (χ0n) is 18.3. The van der Waals surface area contributed by atoms with Crippen molar-refractivity contribution in [1.82, 2.24) is 30.8 Å². The number of sulfonamides is 1. The standard InChI is InChI=1S/C19H21N7O7S3/c20-36(32,33)7-6-11(35-19-22-24-25-23-19)10-8-34-17-12(16(29)26(17)13(10)18(30)31)21-15(28)14(27)9-4-2-1-3-5-9/h1-5,11-12,14,17,27H,6-8H2,(H,21,28)(H,30,31)(H2,20,32,33)(H,22,23,24,25)/t11?,12?,14-,17-/m1/s1. The van der Waals surface area contributed by atoms with Gasteiger partial charge in [0.05, 0.1) is 5.75 Å². The van der Waals surface area contributed by atoms with Crippen LogP contribution in [-0.2, 0) is 24.4 Å². The summed E-state index contributed by atoms with van der Waals surface area (Å²) in [5.74, 6) is -3.14. The first kappa shape index (κ1) is 26.1. The summed E-state index contributed by atoms with van der Waals surface area (Å²) >= 11 is 2.20. The van der Waals surface area contributed by atoms with E-state index in [1.165, 1.54) is 11.8 Å². The zero-order chi connectivity index (χ0) is 26.0. The molecule has 0 radical (unpaired) electrons. The van der Waals surface area contributed by atoms with Crippen LogP contribution in [0.15, 0.2) is 46.8 Å². The Bertz CT molecular complexity index is 1290. The quantitative estimate of drug-likeness (QED) is 0.172. The van der Waals surface area contributed by atoms with Gasteiger partial charge in [-0.05, 0) is 22.8 Å². The molecular formula is C19H21N7O7S3. The van der Waals surface area contributed by atoms with E-state index in [1.807, 2.05) is 0 Å². The van der Waals surface area contributed by atoms with Gasteiger partial charge in [0.25, 0.3) is 11.8 Å². The molecule has 2 unspecified atom stereocenters. The van der Waals surface area contributed by atoms with Gasteiger partial charge in [-0.25, -0.2) is 18.4 Å². The van der Waals surface area contributed by atoms with Gasteiger partial charge in [-0.3, -0.25) is 14.5 Å². The molecule has 1 aromatic heterocycles. The molecule has 0 bridgehead atoms. The Morgan fingerprint density at radius 2 is 2.06 bits per heavy atom. The highest BCUT2D eigenvalue weighted by atomic mass is 32.2. The molecule has 14 nitrogen and oxygen atoms in total. The minimum absolute atomic E-state index is 0.0547. The number of hydrogen-bond donors (Lipinski definition) is 5. The summed E-state index contributed by atoms with van der Waals surface area (Å²) in [6, 6.07) is 7.13. The van der Waals surface area contributed by atoms with Crippen LogP contribution in [0.4, 0.5) is 0 Å². The van der Waals surface area contributed by atoms with E-state index in [0.717, 1.165) is 16.7 Å². The first-order valence-electron chi connectivity index (χ1n) is 10.4. The average molecular weight is 556 g/mol. The lowest BCUT2D eigenvalue weighted by atomic mass is 10.00. The minimum Gasteiger partial charge on any atom is -0.477 e. The molecule has 4 atom stereocenters. The third kappa shape index (κ3) is 5.54. The van der Waals surface area contributed by atoms with Crippen LogP contribution < -0.4 is 10.5 Å². The predicted molar refractivity (Wildman–Crippen MR) is 128 cm³/mol. The fourth-order valence-electron chi connectivity index (χ4n) is 3.81. The van der Waals surface area contributed by atoms with Gasteiger partial charge in [0.2, 0.25) is 15.2 Å². The number of primary sulfonamides is 1. The van der Waals surface area contributed by atoms with Gasteiger partial charge in [0, 0.05) is 11.0 Å². The van der Waals surface area contributed by atoms with Crippen molar-refractivity contribution in [2.24, 2.45) is 5.14 Å². The van der Waals surface area contributed by atoms with Crippen molar-refractivity contribution in [1.29, 1.82) is 0 Å². The summed E-state index contributed by atoms with van der Waals surface area (Å²) < 4.78 is 23.2. The number of H-pyrrole nitrogens is 1. The van der Waals surface area contributed by atoms with E-state index in [1.54, 1.807) is 30.3 Å². The fourth-order valence-corrected chi connectivity index (χ4v) is 7.07. The van der Waals surface area contributed by atoms with E-state index < -0.39 is 56.3 Å². The number of β-lactam (4-membered cyclic amide) rings is 1. The van der Waals surface area contributed by atoms with Crippen molar-refractivity contribution >= 4 is 51.3 Å². The van der Waals surface area contributed by atoms with E-state index in [0.29, 0.717) is 11.1 Å². The van der Waals surface area contributed by atoms with E-state index in [9.17, 15) is 33.0 Å². The minimum atomic E-state index is -3.86. The van der Waals surface area contributed by atoms with Crippen molar-refractivity contribution in [3.63, 3.8) is 0 Å². The Kier molecular flexibility index (Phi) is 7.65. The summed E-state index contributed by atoms with van der Waals surface area (Å²) in [6.07, 6.45) is -1.55. The molecule has 2 aromatic rings. The molecule has 0 saturated carbocycles. The second kappa shape index (κ2) is 10.6. The number of aliphatic hydroxyl groups excluding tert-OH is 1. The van der Waals surface area contributed by atoms with Gasteiger partial charge >= 0.3 is 5.97 Å². The number of thioether (sulfide) groups is 2. The monoisotopic (exact) mass is 555 g/mol. The lowest BCUT2D eigenvalue weighted by Crippen LogP contribution is -2.71. The molecule has 4 rings (SSSR count). The summed E-state index contributed by atoms with van der Waals surface area (Å²) in [7, 11) is -3.86. The number of carboxylic acids is 1. The molecular weight excluding hydrogens is 534 g/mol. The molecule has 1 fully saturated rings. The number of hydrogen-bond acceptors (Lipinski definition) is 11. The van der Waals surface area contributed by atoms with Gasteiger partial charge in [-0.2, -0.15) is 5.21 Å². The smallest absolute Gasteiger partial charge is 0.352 e. The maximum Gasteiger partial charge on any atom is 0.352 e. The van der Waals surface area contributed by atoms with Gasteiger partial charge in [0.15, 0.2) is 6.10 Å². The number of benzene rings is 1. The molecule has 3 heterocycles. The number of fused-ring (bicyclic) bond motifs is 1. The molecule has 2 aliphatic heterocycles. The molecule has 0 aliphatic carbocycles. The molecule has 192 valence electrons. The number of rotatable bonds is 10. The van der Waals surface area contributed by atoms with Crippen molar-refractivity contribution in [2.45, 2.75) is 34.3 Å². The normalized spacial score (nSPS) is 21.4. The number of tetrazole rings is 1. The number of aliphatic carboxylic acids is 1. The lowest BCUT2D eigenvalue weighted by Gasteiger charge is -2.50. The average Bonchev–Trinajstić information content (AvgIpc) is 3.36. The number of aromatic amines is 1. The molecule has 17 heteroatoms. The number of carboxylic acid groups (broad SMARTS) is 1. The molecule has 2 aliphatic rings. The number of nitrogens with zero attached hydrogens (tertiary/aromatic N) is 4. The molecule has 1 aromatic carbocycles. The van der Waals surface area contributed by atoms with E-state index in [-0.39, 0.29) is 23.0 Å². The number of aromatic nitrogens is 4. The molecule has 6 N–H and O–H groups in total. The number of amides is 2. The Morgan fingerprint density at radius 1 is 1.33 bits per heavy atom. The molecule has 36 heavy (non-hydrogen) atoms. The molecule has 1 saturated heterocycles. The van der Waals surface area contributed by atoms with E-state index in [2.05, 4.69) is 25.9 Å². The second-order valence-electron chi connectivity index (χ2n) is 7.84. The highest BCUT2D eigenvalue weighted by Crippen LogP contribution is 2.44. The SMILES string of the molecule is NS(=O)(=O)CCC(Sc1nn[nH]n1)C1=C(C(=O)O)N2C(=O)C(NC(=O)[C@H](O)c3ccccc3)[C@H]2SC1. The van der Waals surface area contributed by atoms with Crippen LogP contribution in [0.3, 0.4) is 0 Å². The van der Waals surface area contributed by atoms with Crippen LogP contribution >= 0.6 is 23.5 Å². The summed E-state index contributed by atoms with van der Waals surface area (Å²) in [4.78, 5) is 38.8. The van der Waals surface area contributed by atoms with Gasteiger partial charge in [-0.15, -0.1) is 22.0 Å². The first-order chi connectivity index (χ1) is 17.1. The number of carbonyl (C=O) groups excluding carboxylic acids is 2. The lowest BCUT2D eigenvalue weighted by molar-refractivity contribution is -0.151. The Hall–Kier alpha value is -2.99. The Morgan fingerprint density at radius 3 is 2.67 bits per heavy atom. The predicted octanol–water partition coefficient (Wildman–Crippen LogP) is -1.19. The van der Waals surface area contributed by atoms with Crippen molar-refractivity contribution in [3.8, 4) is 0 Å². The fraction of sp³-hybridized carbons (Fsp3) is 0.368. The van der Waals surface area contributed by atoms with Gasteiger partial charge in [-0.1, -0.05) is 42.1 Å². The van der Waals surface area contributed by atoms with Crippen LogP contribution in [0.25, 0.3) is 0 Å². The first-order valence-corrected chi connectivity index (χ1v) is 14.1. The van der Waals surface area contributed by atoms with Crippen LogP contribution in [0.5, 0.6) is 0 Å². The largest absolute Gasteiger partial charge is 0.477 e. The summed E-state index contributed by atoms with van der Waals surface area (Å²) in [5, 5.41) is 40.0. The van der Waals surface area contributed by atoms with Crippen LogP contribution in [-0.4, -0.2) is 90.1 Å². The Balaban J connectivity index is 1.56. The van der Waals surface area contributed by atoms with E-state index in [4.69, 9.17) is 5.14 Å². The number of aliphatic hydroxyl groups is 1. The maximum absolute atomic E-state index is 13.0. The van der Waals surface area contributed by atoms with Gasteiger partial charge in [0.1, 0.15) is 17.1 Å². The zero-order valence-corrected chi connectivity index (χ0v) is 20.8. The molecule has 2 amide bonds. The van der Waals surface area contributed by atoms with Crippen molar-refractivity contribution in [2.75, 3.05) is 11.5 Å². The summed E-state index contributed by atoms with van der Waals surface area (Å²) in [5.41, 5.74) is 0.345. The molecule has 0 spiro atoms. The second-order valence-corrected chi connectivity index (χ2v) is 11.9. The summed E-state index contributed by atoms with van der Waals surface area (Å²) in [6.45, 7) is 0. The van der Waals surface area contributed by atoms with Crippen LogP contribution in [0.2, 0.25) is 0 Å².